The number of halogens is 1. The Kier molecular flexibility index (Phi) is 9.50. The van der Waals surface area contributed by atoms with Gasteiger partial charge in [0.25, 0.3) is 5.91 Å². The van der Waals surface area contributed by atoms with Crippen molar-refractivity contribution in [1.29, 1.82) is 0 Å². The Labute approximate surface area is 184 Å². The van der Waals surface area contributed by atoms with Crippen molar-refractivity contribution < 1.29 is 18.7 Å². The monoisotopic (exact) mass is 428 g/mol. The summed E-state index contributed by atoms with van der Waals surface area (Å²) in [6.07, 6.45) is 1.81. The largest absolute Gasteiger partial charge is 0.483 e. The predicted molar refractivity (Wildman–Crippen MR) is 120 cm³/mol. The Balaban J connectivity index is 2.17. The van der Waals surface area contributed by atoms with Crippen LogP contribution in [-0.4, -0.2) is 35.9 Å². The number of rotatable bonds is 11. The van der Waals surface area contributed by atoms with Gasteiger partial charge in [0, 0.05) is 18.7 Å². The third-order valence-corrected chi connectivity index (χ3v) is 5.19. The van der Waals surface area contributed by atoms with E-state index in [2.05, 4.69) is 19.2 Å². The minimum atomic E-state index is -0.757. The molecule has 6 heteroatoms. The molecule has 1 unspecified atom stereocenters. The van der Waals surface area contributed by atoms with Crippen molar-refractivity contribution in [2.75, 3.05) is 13.2 Å². The Morgan fingerprint density at radius 3 is 2.42 bits per heavy atom. The molecule has 1 atom stereocenters. The standard InChI is InChI=1S/C25H33FN2O3/c1-5-6-15-27-25(30)19(4)28(16-20-11-7-9-13-22(20)26)24(29)17-31-23-14-10-8-12-21(23)18(2)3/h7-14,18-19H,5-6,15-17H2,1-4H3,(H,27,30). The van der Waals surface area contributed by atoms with Crippen LogP contribution in [-0.2, 0) is 16.1 Å². The van der Waals surface area contributed by atoms with E-state index in [1.54, 1.807) is 25.1 Å². The van der Waals surface area contributed by atoms with Gasteiger partial charge in [0.2, 0.25) is 5.91 Å². The number of unbranched alkanes of at least 4 members (excludes halogenated alkanes) is 1. The molecule has 2 aromatic rings. The van der Waals surface area contributed by atoms with E-state index in [4.69, 9.17) is 4.74 Å². The number of ether oxygens (including phenoxy) is 1. The van der Waals surface area contributed by atoms with E-state index in [1.165, 1.54) is 11.0 Å². The van der Waals surface area contributed by atoms with Crippen molar-refractivity contribution in [3.05, 3.63) is 65.5 Å². The maximum atomic E-state index is 14.2. The molecule has 1 N–H and O–H groups in total. The van der Waals surface area contributed by atoms with Crippen LogP contribution in [0.25, 0.3) is 0 Å². The molecular weight excluding hydrogens is 395 g/mol. The molecule has 0 aliphatic heterocycles. The van der Waals surface area contributed by atoms with Gasteiger partial charge in [0.05, 0.1) is 0 Å². The Morgan fingerprint density at radius 1 is 1.06 bits per heavy atom. The van der Waals surface area contributed by atoms with Gasteiger partial charge in [-0.3, -0.25) is 9.59 Å². The highest BCUT2D eigenvalue weighted by molar-refractivity contribution is 5.88. The lowest BCUT2D eigenvalue weighted by molar-refractivity contribution is -0.142. The van der Waals surface area contributed by atoms with Crippen LogP contribution >= 0.6 is 0 Å². The molecule has 0 saturated carbocycles. The van der Waals surface area contributed by atoms with Crippen molar-refractivity contribution in [2.24, 2.45) is 0 Å². The number of para-hydroxylation sites is 1. The topological polar surface area (TPSA) is 58.6 Å². The van der Waals surface area contributed by atoms with Gasteiger partial charge in [-0.1, -0.05) is 63.6 Å². The van der Waals surface area contributed by atoms with E-state index in [-0.39, 0.29) is 30.9 Å². The number of nitrogens with one attached hydrogen (secondary N) is 1. The summed E-state index contributed by atoms with van der Waals surface area (Å²) < 4.78 is 20.1. The lowest BCUT2D eigenvalue weighted by Crippen LogP contribution is -2.49. The molecule has 0 aliphatic rings. The second-order valence-electron chi connectivity index (χ2n) is 7.91. The van der Waals surface area contributed by atoms with Crippen molar-refractivity contribution in [3.8, 4) is 5.75 Å². The van der Waals surface area contributed by atoms with Crippen LogP contribution in [0.1, 0.15) is 57.6 Å². The second-order valence-corrected chi connectivity index (χ2v) is 7.91. The number of hydrogen-bond acceptors (Lipinski definition) is 3. The van der Waals surface area contributed by atoms with Crippen LogP contribution in [0, 0.1) is 5.82 Å². The molecule has 5 nitrogen and oxygen atoms in total. The molecule has 2 aromatic carbocycles. The summed E-state index contributed by atoms with van der Waals surface area (Å²) >= 11 is 0. The van der Waals surface area contributed by atoms with E-state index in [9.17, 15) is 14.0 Å². The Hall–Kier alpha value is -2.89. The summed E-state index contributed by atoms with van der Waals surface area (Å²) in [7, 11) is 0. The van der Waals surface area contributed by atoms with Gasteiger partial charge in [-0.2, -0.15) is 0 Å². The van der Waals surface area contributed by atoms with E-state index >= 15 is 0 Å². The molecule has 0 heterocycles. The first-order valence-corrected chi connectivity index (χ1v) is 10.9. The number of benzene rings is 2. The molecule has 0 bridgehead atoms. The highest BCUT2D eigenvalue weighted by Gasteiger charge is 2.27. The first kappa shape index (κ1) is 24.4. The Bertz CT molecular complexity index is 869. The zero-order valence-electron chi connectivity index (χ0n) is 18.9. The minimum Gasteiger partial charge on any atom is -0.483 e. The summed E-state index contributed by atoms with van der Waals surface area (Å²) in [5, 5.41) is 2.85. The summed E-state index contributed by atoms with van der Waals surface area (Å²) in [6, 6.07) is 13.1. The summed E-state index contributed by atoms with van der Waals surface area (Å²) in [6.45, 7) is 8.10. The number of carbonyl (C=O) groups excluding carboxylic acids is 2. The van der Waals surface area contributed by atoms with Crippen molar-refractivity contribution in [2.45, 2.75) is 59.0 Å². The maximum absolute atomic E-state index is 14.2. The Morgan fingerprint density at radius 2 is 1.74 bits per heavy atom. The number of carbonyl (C=O) groups is 2. The second kappa shape index (κ2) is 12.1. The molecule has 168 valence electrons. The molecule has 0 aromatic heterocycles. The molecule has 2 rings (SSSR count). The SMILES string of the molecule is CCCCNC(=O)C(C)N(Cc1ccccc1F)C(=O)COc1ccccc1C(C)C. The molecule has 31 heavy (non-hydrogen) atoms. The smallest absolute Gasteiger partial charge is 0.261 e. The van der Waals surface area contributed by atoms with Gasteiger partial charge in [-0.15, -0.1) is 0 Å². The predicted octanol–water partition coefficient (Wildman–Crippen LogP) is 4.66. The number of hydrogen-bond donors (Lipinski definition) is 1. The maximum Gasteiger partial charge on any atom is 0.261 e. The van der Waals surface area contributed by atoms with Gasteiger partial charge in [-0.05, 0) is 37.0 Å². The zero-order chi connectivity index (χ0) is 22.8. The van der Waals surface area contributed by atoms with Crippen LogP contribution in [0.3, 0.4) is 0 Å². The van der Waals surface area contributed by atoms with Crippen molar-refractivity contribution >= 4 is 11.8 Å². The molecule has 0 spiro atoms. The van der Waals surface area contributed by atoms with Crippen LogP contribution in [0.5, 0.6) is 5.75 Å². The first-order chi connectivity index (χ1) is 14.8. The van der Waals surface area contributed by atoms with Gasteiger partial charge in [0.1, 0.15) is 17.6 Å². The molecule has 0 fully saturated rings. The van der Waals surface area contributed by atoms with Crippen molar-refractivity contribution in [1.82, 2.24) is 10.2 Å². The summed E-state index contributed by atoms with van der Waals surface area (Å²) in [4.78, 5) is 27.1. The summed E-state index contributed by atoms with van der Waals surface area (Å²) in [5.74, 6) is -0.175. The van der Waals surface area contributed by atoms with Crippen LogP contribution < -0.4 is 10.1 Å². The van der Waals surface area contributed by atoms with Gasteiger partial charge in [0.15, 0.2) is 6.61 Å². The van der Waals surface area contributed by atoms with Gasteiger partial charge >= 0.3 is 0 Å². The van der Waals surface area contributed by atoms with Crippen LogP contribution in [0.4, 0.5) is 4.39 Å². The fourth-order valence-corrected chi connectivity index (χ4v) is 3.24. The van der Waals surface area contributed by atoms with Crippen molar-refractivity contribution in [3.63, 3.8) is 0 Å². The van der Waals surface area contributed by atoms with E-state index in [1.807, 2.05) is 31.2 Å². The highest BCUT2D eigenvalue weighted by Crippen LogP contribution is 2.26. The molecule has 0 saturated heterocycles. The molecular formula is C25H33FN2O3. The third-order valence-electron chi connectivity index (χ3n) is 5.19. The van der Waals surface area contributed by atoms with E-state index < -0.39 is 11.9 Å². The fourth-order valence-electron chi connectivity index (χ4n) is 3.24. The quantitative estimate of drug-likeness (QED) is 0.530. The minimum absolute atomic E-state index is 0.0109. The van der Waals surface area contributed by atoms with Crippen LogP contribution in [0.15, 0.2) is 48.5 Å². The molecule has 2 amide bonds. The number of nitrogens with zero attached hydrogens (tertiary/aromatic N) is 1. The zero-order valence-corrected chi connectivity index (χ0v) is 18.9. The molecule has 0 aliphatic carbocycles. The molecule has 0 radical (unpaired) electrons. The van der Waals surface area contributed by atoms with E-state index in [0.717, 1.165) is 18.4 Å². The van der Waals surface area contributed by atoms with Crippen LogP contribution in [0.2, 0.25) is 0 Å². The fraction of sp³-hybridized carbons (Fsp3) is 0.440. The third kappa shape index (κ3) is 7.09. The first-order valence-electron chi connectivity index (χ1n) is 10.9. The lowest BCUT2D eigenvalue weighted by atomic mass is 10.0. The van der Waals surface area contributed by atoms with Gasteiger partial charge < -0.3 is 15.0 Å². The average Bonchev–Trinajstić information content (AvgIpc) is 2.76. The average molecular weight is 429 g/mol. The summed E-state index contributed by atoms with van der Waals surface area (Å²) in [5.41, 5.74) is 1.35. The van der Waals surface area contributed by atoms with E-state index in [0.29, 0.717) is 17.9 Å². The normalized spacial score (nSPS) is 11.8. The highest BCUT2D eigenvalue weighted by atomic mass is 19.1. The van der Waals surface area contributed by atoms with Gasteiger partial charge in [-0.25, -0.2) is 4.39 Å². The lowest BCUT2D eigenvalue weighted by Gasteiger charge is -2.29. The number of amides is 2.